The van der Waals surface area contributed by atoms with Crippen LogP contribution in [0.3, 0.4) is 0 Å². The number of para-hydroxylation sites is 2. The SMILES string of the molecule is O=C(CC1COC2(C1)CN(C(=O)Cn1c(=O)oc3ccccc31)C2)N1CCCC1. The van der Waals surface area contributed by atoms with Crippen molar-refractivity contribution in [2.45, 2.75) is 37.8 Å². The van der Waals surface area contributed by atoms with E-state index in [-0.39, 0.29) is 29.9 Å². The van der Waals surface area contributed by atoms with E-state index in [1.807, 2.05) is 11.0 Å². The molecule has 3 saturated heterocycles. The lowest BCUT2D eigenvalue weighted by molar-refractivity contribution is -0.158. The van der Waals surface area contributed by atoms with E-state index in [1.165, 1.54) is 4.57 Å². The van der Waals surface area contributed by atoms with Gasteiger partial charge in [-0.15, -0.1) is 0 Å². The minimum absolute atomic E-state index is 0.0389. The van der Waals surface area contributed by atoms with E-state index in [1.54, 1.807) is 23.1 Å². The Bertz CT molecular complexity index is 997. The first kappa shape index (κ1) is 18.4. The number of fused-ring (bicyclic) bond motifs is 1. The molecule has 4 heterocycles. The Morgan fingerprint density at radius 1 is 1.07 bits per heavy atom. The van der Waals surface area contributed by atoms with Crippen LogP contribution in [-0.4, -0.2) is 64.6 Å². The zero-order valence-corrected chi connectivity index (χ0v) is 16.3. The smallest absolute Gasteiger partial charge is 0.408 e. The summed E-state index contributed by atoms with van der Waals surface area (Å²) < 4.78 is 12.6. The maximum atomic E-state index is 12.7. The molecule has 1 unspecified atom stereocenters. The van der Waals surface area contributed by atoms with Crippen LogP contribution in [0.15, 0.2) is 33.5 Å². The van der Waals surface area contributed by atoms with Crippen LogP contribution in [0.2, 0.25) is 0 Å². The van der Waals surface area contributed by atoms with Crippen molar-refractivity contribution >= 4 is 22.9 Å². The van der Waals surface area contributed by atoms with E-state index in [2.05, 4.69) is 0 Å². The second-order valence-electron chi connectivity index (χ2n) is 8.53. The van der Waals surface area contributed by atoms with Gasteiger partial charge in [-0.2, -0.15) is 0 Å². The van der Waals surface area contributed by atoms with Crippen LogP contribution in [0, 0.1) is 5.92 Å². The summed E-state index contributed by atoms with van der Waals surface area (Å²) in [5, 5.41) is 0. The molecular weight excluding hydrogens is 374 g/mol. The standard InChI is InChI=1S/C21H25N3O5/c25-18(22-7-3-4-8-22)9-15-10-21(28-12-15)13-23(14-21)19(26)11-24-16-5-1-2-6-17(16)29-20(24)27/h1-2,5-6,15H,3-4,7-14H2. The highest BCUT2D eigenvalue weighted by atomic mass is 16.5. The van der Waals surface area contributed by atoms with Gasteiger partial charge in [0.1, 0.15) is 12.1 Å². The number of hydrogen-bond acceptors (Lipinski definition) is 5. The number of likely N-dealkylation sites (tertiary alicyclic amines) is 2. The maximum absolute atomic E-state index is 12.7. The average molecular weight is 399 g/mol. The summed E-state index contributed by atoms with van der Waals surface area (Å²) in [6.45, 7) is 3.33. The van der Waals surface area contributed by atoms with Crippen LogP contribution in [0.25, 0.3) is 11.1 Å². The second-order valence-corrected chi connectivity index (χ2v) is 8.53. The molecule has 3 fully saturated rings. The number of nitrogens with zero attached hydrogens (tertiary/aromatic N) is 3. The Morgan fingerprint density at radius 3 is 2.62 bits per heavy atom. The van der Waals surface area contributed by atoms with Gasteiger partial charge in [-0.05, 0) is 37.3 Å². The van der Waals surface area contributed by atoms with E-state index in [0.29, 0.717) is 37.2 Å². The Balaban J connectivity index is 1.16. The summed E-state index contributed by atoms with van der Waals surface area (Å²) >= 11 is 0. The Hall–Kier alpha value is -2.61. The van der Waals surface area contributed by atoms with Gasteiger partial charge in [-0.25, -0.2) is 4.79 Å². The van der Waals surface area contributed by atoms with Crippen molar-refractivity contribution in [1.82, 2.24) is 14.4 Å². The number of carbonyl (C=O) groups is 2. The van der Waals surface area contributed by atoms with Gasteiger partial charge < -0.3 is 19.0 Å². The van der Waals surface area contributed by atoms with Crippen molar-refractivity contribution in [3.63, 3.8) is 0 Å². The average Bonchev–Trinajstić information content (AvgIpc) is 3.40. The fourth-order valence-electron chi connectivity index (χ4n) is 4.86. The van der Waals surface area contributed by atoms with Crippen LogP contribution < -0.4 is 5.76 Å². The summed E-state index contributed by atoms with van der Waals surface area (Å²) in [7, 11) is 0. The third-order valence-corrected chi connectivity index (χ3v) is 6.39. The molecule has 0 radical (unpaired) electrons. The molecule has 1 aromatic heterocycles. The van der Waals surface area contributed by atoms with Gasteiger partial charge in [0, 0.05) is 19.5 Å². The van der Waals surface area contributed by atoms with Gasteiger partial charge >= 0.3 is 5.76 Å². The van der Waals surface area contributed by atoms with Crippen LogP contribution in [-0.2, 0) is 20.9 Å². The van der Waals surface area contributed by atoms with E-state index < -0.39 is 5.76 Å². The number of ether oxygens (including phenoxy) is 1. The number of aromatic nitrogens is 1. The molecule has 5 rings (SSSR count). The highest BCUT2D eigenvalue weighted by Crippen LogP contribution is 2.39. The van der Waals surface area contributed by atoms with Crippen molar-refractivity contribution in [3.05, 3.63) is 34.8 Å². The Labute approximate surface area is 168 Å². The predicted molar refractivity (Wildman–Crippen MR) is 104 cm³/mol. The third kappa shape index (κ3) is 3.35. The molecule has 8 nitrogen and oxygen atoms in total. The van der Waals surface area contributed by atoms with Crippen LogP contribution in [0.1, 0.15) is 25.7 Å². The van der Waals surface area contributed by atoms with Gasteiger partial charge in [0.25, 0.3) is 0 Å². The van der Waals surface area contributed by atoms with Crippen LogP contribution >= 0.6 is 0 Å². The van der Waals surface area contributed by atoms with Gasteiger partial charge in [0.2, 0.25) is 11.8 Å². The normalized spacial score (nSPS) is 23.1. The minimum Gasteiger partial charge on any atom is -0.408 e. The maximum Gasteiger partial charge on any atom is 0.420 e. The molecule has 0 aliphatic carbocycles. The molecule has 1 spiro atoms. The number of oxazole rings is 1. The molecule has 3 aliphatic heterocycles. The monoisotopic (exact) mass is 399 g/mol. The van der Waals surface area contributed by atoms with E-state index in [0.717, 1.165) is 32.4 Å². The van der Waals surface area contributed by atoms with E-state index in [9.17, 15) is 14.4 Å². The molecule has 29 heavy (non-hydrogen) atoms. The molecule has 2 aromatic rings. The zero-order chi connectivity index (χ0) is 20.0. The van der Waals surface area contributed by atoms with Crippen molar-refractivity contribution in [3.8, 4) is 0 Å². The molecule has 1 atom stereocenters. The Morgan fingerprint density at radius 2 is 1.83 bits per heavy atom. The number of amides is 2. The van der Waals surface area contributed by atoms with E-state index >= 15 is 0 Å². The minimum atomic E-state index is -0.521. The molecule has 1 aromatic carbocycles. The first-order valence-corrected chi connectivity index (χ1v) is 10.3. The van der Waals surface area contributed by atoms with Crippen molar-refractivity contribution < 1.29 is 18.7 Å². The number of benzene rings is 1. The third-order valence-electron chi connectivity index (χ3n) is 6.39. The molecule has 0 bridgehead atoms. The van der Waals surface area contributed by atoms with Crippen LogP contribution in [0.4, 0.5) is 0 Å². The second kappa shape index (κ2) is 7.02. The molecule has 2 amide bonds. The topological polar surface area (TPSA) is 85.0 Å². The van der Waals surface area contributed by atoms with Crippen molar-refractivity contribution in [2.75, 3.05) is 32.8 Å². The lowest BCUT2D eigenvalue weighted by atomic mass is 9.85. The van der Waals surface area contributed by atoms with Gasteiger partial charge in [-0.3, -0.25) is 14.2 Å². The lowest BCUT2D eigenvalue weighted by Gasteiger charge is -2.47. The fourth-order valence-corrected chi connectivity index (χ4v) is 4.86. The highest BCUT2D eigenvalue weighted by molar-refractivity contribution is 5.80. The number of rotatable bonds is 4. The summed E-state index contributed by atoms with van der Waals surface area (Å²) in [5.41, 5.74) is 0.781. The quantitative estimate of drug-likeness (QED) is 0.772. The fraction of sp³-hybridized carbons (Fsp3) is 0.571. The van der Waals surface area contributed by atoms with Crippen molar-refractivity contribution in [1.29, 1.82) is 0 Å². The highest BCUT2D eigenvalue weighted by Gasteiger charge is 2.51. The van der Waals surface area contributed by atoms with Gasteiger partial charge in [-0.1, -0.05) is 12.1 Å². The van der Waals surface area contributed by atoms with Crippen molar-refractivity contribution in [2.24, 2.45) is 5.92 Å². The molecule has 0 saturated carbocycles. The number of hydrogen-bond donors (Lipinski definition) is 0. The largest absolute Gasteiger partial charge is 0.420 e. The first-order valence-electron chi connectivity index (χ1n) is 10.3. The first-order chi connectivity index (χ1) is 14.0. The molecule has 154 valence electrons. The Kier molecular flexibility index (Phi) is 4.46. The predicted octanol–water partition coefficient (Wildman–Crippen LogP) is 1.22. The summed E-state index contributed by atoms with van der Waals surface area (Å²) in [5.74, 6) is -0.190. The van der Waals surface area contributed by atoms with Crippen LogP contribution in [0.5, 0.6) is 0 Å². The summed E-state index contributed by atoms with van der Waals surface area (Å²) in [4.78, 5) is 40.8. The summed E-state index contributed by atoms with van der Waals surface area (Å²) in [6, 6.07) is 7.09. The molecule has 3 aliphatic rings. The molecule has 0 N–H and O–H groups in total. The van der Waals surface area contributed by atoms with Gasteiger partial charge in [0.15, 0.2) is 5.58 Å². The summed E-state index contributed by atoms with van der Waals surface area (Å²) in [6.07, 6.45) is 3.54. The molecule has 8 heteroatoms. The van der Waals surface area contributed by atoms with E-state index in [4.69, 9.17) is 9.15 Å². The van der Waals surface area contributed by atoms with Gasteiger partial charge in [0.05, 0.1) is 25.2 Å². The zero-order valence-electron chi connectivity index (χ0n) is 16.3. The molecular formula is C21H25N3O5. The number of carbonyl (C=O) groups excluding carboxylic acids is 2. The lowest BCUT2D eigenvalue weighted by Crippen LogP contribution is -2.63.